The van der Waals surface area contributed by atoms with Crippen LogP contribution in [0.5, 0.6) is 0 Å². The fraction of sp³-hybridized carbons (Fsp3) is 0.308. The molecule has 0 N–H and O–H groups in total. The number of nitrogens with zero attached hydrogens (tertiary/aromatic N) is 2. The van der Waals surface area contributed by atoms with E-state index in [1.165, 1.54) is 11.1 Å². The van der Waals surface area contributed by atoms with E-state index in [-0.39, 0.29) is 0 Å². The third-order valence-corrected chi connectivity index (χ3v) is 3.53. The van der Waals surface area contributed by atoms with Crippen molar-refractivity contribution in [2.75, 3.05) is 31.2 Å². The minimum Gasteiger partial charge on any atom is -0.378 e. The Morgan fingerprint density at radius 3 is 2.82 bits per heavy atom. The Balaban J connectivity index is 2.09. The molecule has 0 aliphatic carbocycles. The molecule has 1 aromatic heterocycles. The summed E-state index contributed by atoms with van der Waals surface area (Å²) in [4.78, 5) is 6.77. The second-order valence-electron chi connectivity index (χ2n) is 4.09. The van der Waals surface area contributed by atoms with Gasteiger partial charge in [-0.15, -0.1) is 0 Å². The molecule has 1 saturated heterocycles. The highest BCUT2D eigenvalue weighted by atomic mass is 79.9. The molecule has 0 amide bonds. The average Bonchev–Trinajstić information content (AvgIpc) is 2.39. The zero-order valence-corrected chi connectivity index (χ0v) is 11.0. The zero-order valence-electron chi connectivity index (χ0n) is 9.40. The van der Waals surface area contributed by atoms with Crippen LogP contribution < -0.4 is 4.90 Å². The number of aromatic nitrogens is 1. The number of pyridine rings is 1. The molecule has 1 aromatic carbocycles. The second kappa shape index (κ2) is 4.63. The van der Waals surface area contributed by atoms with Crippen LogP contribution in [0.15, 0.2) is 34.9 Å². The van der Waals surface area contributed by atoms with Crippen molar-refractivity contribution in [3.05, 3.63) is 34.9 Å². The van der Waals surface area contributed by atoms with Crippen LogP contribution in [0, 0.1) is 0 Å². The SMILES string of the molecule is Brc1ccc2c(N3CCOCC3)ccnc2c1. The Kier molecular flexibility index (Phi) is 2.99. The van der Waals surface area contributed by atoms with E-state index >= 15 is 0 Å². The van der Waals surface area contributed by atoms with Crippen molar-refractivity contribution < 1.29 is 4.74 Å². The van der Waals surface area contributed by atoms with E-state index in [0.29, 0.717) is 0 Å². The molecule has 0 atom stereocenters. The van der Waals surface area contributed by atoms with Gasteiger partial charge in [-0.1, -0.05) is 15.9 Å². The zero-order chi connectivity index (χ0) is 11.7. The van der Waals surface area contributed by atoms with Crippen LogP contribution in [0.25, 0.3) is 10.9 Å². The predicted molar refractivity (Wildman–Crippen MR) is 72.5 cm³/mol. The van der Waals surface area contributed by atoms with Crippen LogP contribution in [0.1, 0.15) is 0 Å². The number of hydrogen-bond acceptors (Lipinski definition) is 3. The molecule has 1 aliphatic rings. The maximum atomic E-state index is 5.39. The smallest absolute Gasteiger partial charge is 0.0734 e. The summed E-state index contributed by atoms with van der Waals surface area (Å²) in [5.74, 6) is 0. The van der Waals surface area contributed by atoms with Gasteiger partial charge in [-0.3, -0.25) is 4.98 Å². The second-order valence-corrected chi connectivity index (χ2v) is 5.01. The van der Waals surface area contributed by atoms with Gasteiger partial charge in [-0.05, 0) is 24.3 Å². The summed E-state index contributed by atoms with van der Waals surface area (Å²) in [5, 5.41) is 1.21. The average molecular weight is 293 g/mol. The largest absolute Gasteiger partial charge is 0.378 e. The van der Waals surface area contributed by atoms with Gasteiger partial charge in [0, 0.05) is 34.8 Å². The van der Waals surface area contributed by atoms with E-state index in [4.69, 9.17) is 4.74 Å². The lowest BCUT2D eigenvalue weighted by molar-refractivity contribution is 0.123. The van der Waals surface area contributed by atoms with Gasteiger partial charge in [-0.2, -0.15) is 0 Å². The number of benzene rings is 1. The summed E-state index contributed by atoms with van der Waals surface area (Å²) in [6.45, 7) is 3.52. The van der Waals surface area contributed by atoms with E-state index in [1.54, 1.807) is 0 Å². The monoisotopic (exact) mass is 292 g/mol. The molecule has 0 bridgehead atoms. The molecule has 0 unspecified atom stereocenters. The Hall–Kier alpha value is -1.13. The van der Waals surface area contributed by atoms with E-state index in [9.17, 15) is 0 Å². The third-order valence-electron chi connectivity index (χ3n) is 3.03. The van der Waals surface area contributed by atoms with Crippen molar-refractivity contribution in [1.29, 1.82) is 0 Å². The fourth-order valence-electron chi connectivity index (χ4n) is 2.19. The van der Waals surface area contributed by atoms with Crippen molar-refractivity contribution >= 4 is 32.5 Å². The molecule has 0 radical (unpaired) electrons. The highest BCUT2D eigenvalue weighted by Gasteiger charge is 2.13. The number of fused-ring (bicyclic) bond motifs is 1. The molecule has 0 spiro atoms. The number of halogens is 1. The van der Waals surface area contributed by atoms with E-state index in [2.05, 4.69) is 50.1 Å². The van der Waals surface area contributed by atoms with Crippen LogP contribution >= 0.6 is 15.9 Å². The van der Waals surface area contributed by atoms with Crippen LogP contribution in [-0.2, 0) is 4.74 Å². The topological polar surface area (TPSA) is 25.4 Å². The maximum Gasteiger partial charge on any atom is 0.0734 e. The van der Waals surface area contributed by atoms with Crippen LogP contribution in [-0.4, -0.2) is 31.3 Å². The lowest BCUT2D eigenvalue weighted by Gasteiger charge is -2.29. The standard InChI is InChI=1S/C13H13BrN2O/c14-10-1-2-11-12(9-10)15-4-3-13(11)16-5-7-17-8-6-16/h1-4,9H,5-8H2. The molecule has 0 saturated carbocycles. The van der Waals surface area contributed by atoms with Gasteiger partial charge in [0.15, 0.2) is 0 Å². The van der Waals surface area contributed by atoms with Crippen molar-refractivity contribution in [2.45, 2.75) is 0 Å². The van der Waals surface area contributed by atoms with Gasteiger partial charge >= 0.3 is 0 Å². The summed E-state index contributed by atoms with van der Waals surface area (Å²) < 4.78 is 6.45. The number of morpholine rings is 1. The summed E-state index contributed by atoms with van der Waals surface area (Å²) in [6.07, 6.45) is 1.87. The highest BCUT2D eigenvalue weighted by Crippen LogP contribution is 2.27. The number of ether oxygens (including phenoxy) is 1. The van der Waals surface area contributed by atoms with Crippen molar-refractivity contribution in [3.63, 3.8) is 0 Å². The van der Waals surface area contributed by atoms with Crippen molar-refractivity contribution in [2.24, 2.45) is 0 Å². The lowest BCUT2D eigenvalue weighted by atomic mass is 10.1. The molecule has 17 heavy (non-hydrogen) atoms. The minimum absolute atomic E-state index is 0.806. The fourth-order valence-corrected chi connectivity index (χ4v) is 2.54. The molecule has 4 heteroatoms. The Labute approximate surface area is 109 Å². The third kappa shape index (κ3) is 2.15. The molecule has 88 valence electrons. The highest BCUT2D eigenvalue weighted by molar-refractivity contribution is 9.10. The van der Waals surface area contributed by atoms with E-state index in [0.717, 1.165) is 36.3 Å². The maximum absolute atomic E-state index is 5.39. The first kappa shape index (κ1) is 11.0. The molecule has 3 nitrogen and oxygen atoms in total. The first-order valence-corrected chi connectivity index (χ1v) is 6.51. The van der Waals surface area contributed by atoms with Crippen molar-refractivity contribution in [3.8, 4) is 0 Å². The summed E-state index contributed by atoms with van der Waals surface area (Å²) in [6, 6.07) is 8.33. The quantitative estimate of drug-likeness (QED) is 0.808. The summed E-state index contributed by atoms with van der Waals surface area (Å²) in [7, 11) is 0. The normalized spacial score (nSPS) is 16.4. The van der Waals surface area contributed by atoms with Crippen LogP contribution in [0.3, 0.4) is 0 Å². The number of anilines is 1. The van der Waals surface area contributed by atoms with E-state index < -0.39 is 0 Å². The molecule has 3 rings (SSSR count). The molecular weight excluding hydrogens is 280 g/mol. The van der Waals surface area contributed by atoms with Crippen molar-refractivity contribution in [1.82, 2.24) is 4.98 Å². The molecule has 1 aliphatic heterocycles. The van der Waals surface area contributed by atoms with Crippen LogP contribution in [0.4, 0.5) is 5.69 Å². The first-order valence-electron chi connectivity index (χ1n) is 5.71. The number of rotatable bonds is 1. The Bertz CT molecular complexity index is 538. The predicted octanol–water partition coefficient (Wildman–Crippen LogP) is 2.83. The van der Waals surface area contributed by atoms with Gasteiger partial charge in [0.25, 0.3) is 0 Å². The van der Waals surface area contributed by atoms with Gasteiger partial charge in [0.1, 0.15) is 0 Å². The molecule has 1 fully saturated rings. The van der Waals surface area contributed by atoms with Gasteiger partial charge in [0.2, 0.25) is 0 Å². The summed E-state index contributed by atoms with van der Waals surface area (Å²) >= 11 is 3.48. The van der Waals surface area contributed by atoms with Gasteiger partial charge in [0.05, 0.1) is 18.7 Å². The first-order chi connectivity index (χ1) is 8.34. The molecular formula is C13H13BrN2O. The number of hydrogen-bond donors (Lipinski definition) is 0. The minimum atomic E-state index is 0.806. The van der Waals surface area contributed by atoms with Gasteiger partial charge in [-0.25, -0.2) is 0 Å². The van der Waals surface area contributed by atoms with Crippen LogP contribution in [0.2, 0.25) is 0 Å². The van der Waals surface area contributed by atoms with Gasteiger partial charge < -0.3 is 9.64 Å². The lowest BCUT2D eigenvalue weighted by Crippen LogP contribution is -2.36. The molecule has 2 heterocycles. The molecule has 2 aromatic rings. The summed E-state index contributed by atoms with van der Waals surface area (Å²) in [5.41, 5.74) is 2.29. The Morgan fingerprint density at radius 2 is 2.00 bits per heavy atom. The Morgan fingerprint density at radius 1 is 1.18 bits per heavy atom. The van der Waals surface area contributed by atoms with E-state index in [1.807, 2.05) is 6.20 Å².